The smallest absolute Gasteiger partial charge is 0.240 e. The Kier molecular flexibility index (Phi) is 3.82. The third-order valence-corrected chi connectivity index (χ3v) is 3.98. The first-order valence-electron chi connectivity index (χ1n) is 5.51. The molecule has 0 saturated heterocycles. The number of nitrogen functional groups attached to an aromatic ring is 1. The van der Waals surface area contributed by atoms with Crippen LogP contribution in [0.2, 0.25) is 0 Å². The molecule has 1 aromatic heterocycles. The van der Waals surface area contributed by atoms with Gasteiger partial charge in [-0.1, -0.05) is 0 Å². The van der Waals surface area contributed by atoms with Crippen LogP contribution < -0.4 is 10.5 Å². The van der Waals surface area contributed by atoms with Gasteiger partial charge >= 0.3 is 0 Å². The number of hydrogen-bond acceptors (Lipinski definition) is 4. The molecule has 0 atom stereocenters. The number of halogens is 1. The molecule has 0 fully saturated rings. The van der Waals surface area contributed by atoms with Gasteiger partial charge in [0.15, 0.2) is 0 Å². The molecule has 2 aromatic rings. The predicted molar refractivity (Wildman–Crippen MR) is 68.3 cm³/mol. The maximum absolute atomic E-state index is 13.0. The SMILES string of the molecule is Nc1cc(S(=O)(=O)NCCc2cnc[nH]2)ccc1F. The number of benzene rings is 1. The van der Waals surface area contributed by atoms with Crippen LogP contribution in [-0.2, 0) is 16.4 Å². The van der Waals surface area contributed by atoms with Gasteiger partial charge in [0.2, 0.25) is 10.0 Å². The van der Waals surface area contributed by atoms with Crippen molar-refractivity contribution in [3.63, 3.8) is 0 Å². The van der Waals surface area contributed by atoms with Crippen LogP contribution >= 0.6 is 0 Å². The highest BCUT2D eigenvalue weighted by molar-refractivity contribution is 7.89. The van der Waals surface area contributed by atoms with Gasteiger partial charge in [0.1, 0.15) is 5.82 Å². The van der Waals surface area contributed by atoms with Gasteiger partial charge in [0.25, 0.3) is 0 Å². The predicted octanol–water partition coefficient (Wildman–Crippen LogP) is 0.652. The van der Waals surface area contributed by atoms with Gasteiger partial charge in [-0.25, -0.2) is 22.5 Å². The molecule has 102 valence electrons. The van der Waals surface area contributed by atoms with Crippen LogP contribution in [0.15, 0.2) is 35.6 Å². The van der Waals surface area contributed by atoms with Crippen LogP contribution in [0.1, 0.15) is 5.69 Å². The van der Waals surface area contributed by atoms with E-state index in [1.165, 1.54) is 12.4 Å². The number of aromatic amines is 1. The number of H-pyrrole nitrogens is 1. The summed E-state index contributed by atoms with van der Waals surface area (Å²) in [7, 11) is -3.68. The van der Waals surface area contributed by atoms with E-state index in [4.69, 9.17) is 5.73 Å². The minimum Gasteiger partial charge on any atom is -0.396 e. The molecule has 19 heavy (non-hydrogen) atoms. The number of aromatic nitrogens is 2. The molecule has 0 spiro atoms. The van der Waals surface area contributed by atoms with E-state index in [1.807, 2.05) is 0 Å². The van der Waals surface area contributed by atoms with Crippen molar-refractivity contribution in [3.8, 4) is 0 Å². The van der Waals surface area contributed by atoms with Crippen LogP contribution in [0.4, 0.5) is 10.1 Å². The van der Waals surface area contributed by atoms with Gasteiger partial charge in [-0.3, -0.25) is 0 Å². The zero-order chi connectivity index (χ0) is 13.9. The summed E-state index contributed by atoms with van der Waals surface area (Å²) in [6.45, 7) is 0.210. The second-order valence-corrected chi connectivity index (χ2v) is 5.67. The third-order valence-electron chi connectivity index (χ3n) is 2.52. The van der Waals surface area contributed by atoms with Gasteiger partial charge in [-0.2, -0.15) is 0 Å². The Bertz CT molecular complexity index is 655. The van der Waals surface area contributed by atoms with Crippen LogP contribution in [0.25, 0.3) is 0 Å². The molecule has 1 aromatic carbocycles. The Morgan fingerprint density at radius 3 is 2.84 bits per heavy atom. The van der Waals surface area contributed by atoms with E-state index in [1.54, 1.807) is 6.20 Å². The fourth-order valence-corrected chi connectivity index (χ4v) is 2.58. The van der Waals surface area contributed by atoms with Crippen LogP contribution in [0.5, 0.6) is 0 Å². The fraction of sp³-hybridized carbons (Fsp3) is 0.182. The van der Waals surface area contributed by atoms with Gasteiger partial charge in [-0.05, 0) is 18.2 Å². The molecule has 0 aliphatic heterocycles. The highest BCUT2D eigenvalue weighted by atomic mass is 32.2. The molecule has 2 rings (SSSR count). The van der Waals surface area contributed by atoms with Crippen molar-refractivity contribution in [2.75, 3.05) is 12.3 Å². The maximum Gasteiger partial charge on any atom is 0.240 e. The van der Waals surface area contributed by atoms with Gasteiger partial charge in [-0.15, -0.1) is 0 Å². The molecule has 0 aliphatic rings. The highest BCUT2D eigenvalue weighted by Gasteiger charge is 2.14. The Morgan fingerprint density at radius 2 is 2.21 bits per heavy atom. The molecular formula is C11H13FN4O2S. The summed E-state index contributed by atoms with van der Waals surface area (Å²) in [6, 6.07) is 3.29. The lowest BCUT2D eigenvalue weighted by Crippen LogP contribution is -2.26. The highest BCUT2D eigenvalue weighted by Crippen LogP contribution is 2.16. The Labute approximate surface area is 109 Å². The van der Waals surface area contributed by atoms with Crippen LogP contribution in [0.3, 0.4) is 0 Å². The first-order valence-corrected chi connectivity index (χ1v) is 6.99. The second kappa shape index (κ2) is 5.37. The monoisotopic (exact) mass is 284 g/mol. The van der Waals surface area contributed by atoms with E-state index in [0.717, 1.165) is 17.8 Å². The number of sulfonamides is 1. The first-order chi connectivity index (χ1) is 8.99. The van der Waals surface area contributed by atoms with E-state index < -0.39 is 15.8 Å². The molecule has 4 N–H and O–H groups in total. The van der Waals surface area contributed by atoms with E-state index in [-0.39, 0.29) is 17.1 Å². The minimum absolute atomic E-state index is 0.0592. The largest absolute Gasteiger partial charge is 0.396 e. The van der Waals surface area contributed by atoms with Crippen molar-refractivity contribution in [1.82, 2.24) is 14.7 Å². The minimum atomic E-state index is -3.68. The first kappa shape index (κ1) is 13.5. The summed E-state index contributed by atoms with van der Waals surface area (Å²) >= 11 is 0. The quantitative estimate of drug-likeness (QED) is 0.702. The molecule has 0 bridgehead atoms. The average Bonchev–Trinajstić information content (AvgIpc) is 2.85. The Hall–Kier alpha value is -1.93. The molecule has 6 nitrogen and oxygen atoms in total. The van der Waals surface area contributed by atoms with Crippen molar-refractivity contribution in [2.45, 2.75) is 11.3 Å². The number of nitrogens with two attached hydrogens (primary N) is 1. The van der Waals surface area contributed by atoms with Gasteiger partial charge in [0.05, 0.1) is 16.9 Å². The zero-order valence-electron chi connectivity index (χ0n) is 9.93. The number of imidazole rings is 1. The molecule has 0 unspecified atom stereocenters. The summed E-state index contributed by atoms with van der Waals surface area (Å²) in [5, 5.41) is 0. The molecule has 0 aliphatic carbocycles. The lowest BCUT2D eigenvalue weighted by molar-refractivity contribution is 0.580. The molecular weight excluding hydrogens is 271 g/mol. The van der Waals surface area contributed by atoms with Crippen molar-refractivity contribution in [1.29, 1.82) is 0 Å². The molecule has 8 heteroatoms. The Balaban J connectivity index is 2.03. The molecule has 1 heterocycles. The number of nitrogens with zero attached hydrogens (tertiary/aromatic N) is 1. The number of anilines is 1. The van der Waals surface area contributed by atoms with Crippen molar-refractivity contribution >= 4 is 15.7 Å². The standard InChI is InChI=1S/C11H13FN4O2S/c12-10-2-1-9(5-11(10)13)19(17,18)16-4-3-8-6-14-7-15-8/h1-2,5-7,16H,3-4,13H2,(H,14,15). The summed E-state index contributed by atoms with van der Waals surface area (Å²) in [6.07, 6.45) is 3.62. The van der Waals surface area contributed by atoms with Gasteiger partial charge in [0, 0.05) is 24.9 Å². The number of rotatable bonds is 5. The fourth-order valence-electron chi connectivity index (χ4n) is 1.51. The Morgan fingerprint density at radius 1 is 1.42 bits per heavy atom. The lowest BCUT2D eigenvalue weighted by Gasteiger charge is -2.07. The van der Waals surface area contributed by atoms with E-state index >= 15 is 0 Å². The van der Waals surface area contributed by atoms with Crippen molar-refractivity contribution in [3.05, 3.63) is 42.2 Å². The van der Waals surface area contributed by atoms with E-state index in [0.29, 0.717) is 6.42 Å². The average molecular weight is 284 g/mol. The molecule has 0 amide bonds. The van der Waals surface area contributed by atoms with Gasteiger partial charge < -0.3 is 10.7 Å². The summed E-state index contributed by atoms with van der Waals surface area (Å²) in [5.74, 6) is -0.642. The summed E-state index contributed by atoms with van der Waals surface area (Å²) in [5.41, 5.74) is 5.97. The molecule has 0 radical (unpaired) electrons. The topological polar surface area (TPSA) is 101 Å². The number of nitrogens with one attached hydrogen (secondary N) is 2. The summed E-state index contributed by atoms with van der Waals surface area (Å²) in [4.78, 5) is 6.63. The van der Waals surface area contributed by atoms with Crippen LogP contribution in [-0.4, -0.2) is 24.9 Å². The van der Waals surface area contributed by atoms with E-state index in [2.05, 4.69) is 14.7 Å². The number of hydrogen-bond donors (Lipinski definition) is 3. The summed E-state index contributed by atoms with van der Waals surface area (Å²) < 4.78 is 39.2. The second-order valence-electron chi connectivity index (χ2n) is 3.91. The van der Waals surface area contributed by atoms with Crippen molar-refractivity contribution in [2.24, 2.45) is 0 Å². The zero-order valence-corrected chi connectivity index (χ0v) is 10.7. The normalized spacial score (nSPS) is 11.6. The van der Waals surface area contributed by atoms with E-state index in [9.17, 15) is 12.8 Å². The van der Waals surface area contributed by atoms with Crippen molar-refractivity contribution < 1.29 is 12.8 Å². The third kappa shape index (κ3) is 3.30. The lowest BCUT2D eigenvalue weighted by atomic mass is 10.3. The molecule has 0 saturated carbocycles. The maximum atomic E-state index is 13.0. The van der Waals surface area contributed by atoms with Crippen LogP contribution in [0, 0.1) is 5.82 Å².